The van der Waals surface area contributed by atoms with Crippen molar-refractivity contribution in [3.05, 3.63) is 11.9 Å². The number of thioether (sulfide) groups is 1. The van der Waals surface area contributed by atoms with Crippen LogP contribution < -0.4 is 0 Å². The van der Waals surface area contributed by atoms with Crippen molar-refractivity contribution >= 4 is 23.0 Å². The van der Waals surface area contributed by atoms with Crippen LogP contribution in [-0.2, 0) is 6.54 Å². The predicted octanol–water partition coefficient (Wildman–Crippen LogP) is 0.145. The fraction of sp³-hybridized carbons (Fsp3) is 0.500. The number of amides is 1. The van der Waals surface area contributed by atoms with E-state index in [2.05, 4.69) is 10.3 Å². The Hall–Kier alpha value is -1.57. The molecule has 0 aromatic carbocycles. The minimum atomic E-state index is -1.10. The van der Waals surface area contributed by atoms with Gasteiger partial charge in [-0.3, -0.25) is 4.79 Å². The Balaban J connectivity index is 1.89. The van der Waals surface area contributed by atoms with E-state index in [1.165, 1.54) is 22.6 Å². The van der Waals surface area contributed by atoms with Crippen LogP contribution in [0.3, 0.4) is 0 Å². The topological polar surface area (TPSA) is 88.3 Å². The van der Waals surface area contributed by atoms with Gasteiger partial charge in [0.2, 0.25) is 0 Å². The van der Waals surface area contributed by atoms with E-state index in [4.69, 9.17) is 5.11 Å². The molecule has 0 radical (unpaired) electrons. The summed E-state index contributed by atoms with van der Waals surface area (Å²) >= 11 is 1.30. The number of aromatic nitrogens is 3. The lowest BCUT2D eigenvalue weighted by molar-refractivity contribution is 0.0690. The largest absolute Gasteiger partial charge is 0.476 e. The zero-order valence-corrected chi connectivity index (χ0v) is 9.18. The van der Waals surface area contributed by atoms with Crippen LogP contribution in [-0.4, -0.2) is 55.1 Å². The zero-order chi connectivity index (χ0) is 11.5. The summed E-state index contributed by atoms with van der Waals surface area (Å²) in [6.07, 6.45) is 1.36. The standard InChI is InChI=1S/C8H10N4O3S/c13-7(14)6-5-12(10-9-6)2-1-11-3-4-16-8(11)15/h5H,1-4H2,(H,13,14). The average molecular weight is 242 g/mol. The van der Waals surface area contributed by atoms with Crippen LogP contribution in [0.5, 0.6) is 0 Å². The molecule has 1 saturated heterocycles. The van der Waals surface area contributed by atoms with Gasteiger partial charge in [-0.05, 0) is 0 Å². The van der Waals surface area contributed by atoms with E-state index in [1.54, 1.807) is 4.90 Å². The minimum absolute atomic E-state index is 0.0681. The summed E-state index contributed by atoms with van der Waals surface area (Å²) < 4.78 is 1.43. The van der Waals surface area contributed by atoms with Crippen LogP contribution in [0.4, 0.5) is 4.79 Å². The Kier molecular flexibility index (Phi) is 3.09. The molecule has 0 atom stereocenters. The third-order valence-electron chi connectivity index (χ3n) is 2.20. The van der Waals surface area contributed by atoms with Gasteiger partial charge >= 0.3 is 5.97 Å². The molecule has 1 aliphatic heterocycles. The summed E-state index contributed by atoms with van der Waals surface area (Å²) in [5.74, 6) is -0.282. The summed E-state index contributed by atoms with van der Waals surface area (Å²) in [5.41, 5.74) is -0.0814. The van der Waals surface area contributed by atoms with Gasteiger partial charge in [-0.25, -0.2) is 9.48 Å². The molecular weight excluding hydrogens is 232 g/mol. The molecule has 8 heteroatoms. The number of rotatable bonds is 4. The molecule has 0 saturated carbocycles. The number of carbonyl (C=O) groups excluding carboxylic acids is 1. The minimum Gasteiger partial charge on any atom is -0.476 e. The maximum atomic E-state index is 11.3. The molecule has 0 unspecified atom stereocenters. The summed E-state index contributed by atoms with van der Waals surface area (Å²) in [6.45, 7) is 1.74. The molecule has 1 amide bonds. The fourth-order valence-corrected chi connectivity index (χ4v) is 2.21. The van der Waals surface area contributed by atoms with E-state index in [9.17, 15) is 9.59 Å². The smallest absolute Gasteiger partial charge is 0.358 e. The molecule has 1 fully saturated rings. The second kappa shape index (κ2) is 4.52. The van der Waals surface area contributed by atoms with Crippen LogP contribution in [0.2, 0.25) is 0 Å². The van der Waals surface area contributed by atoms with E-state index >= 15 is 0 Å². The Morgan fingerprint density at radius 1 is 1.56 bits per heavy atom. The van der Waals surface area contributed by atoms with Gasteiger partial charge in [-0.1, -0.05) is 17.0 Å². The van der Waals surface area contributed by atoms with Crippen molar-refractivity contribution in [1.29, 1.82) is 0 Å². The normalized spacial score (nSPS) is 15.8. The average Bonchev–Trinajstić information content (AvgIpc) is 2.83. The monoisotopic (exact) mass is 242 g/mol. The van der Waals surface area contributed by atoms with Crippen LogP contribution in [0.1, 0.15) is 10.5 Å². The van der Waals surface area contributed by atoms with Crippen LogP contribution in [0.25, 0.3) is 0 Å². The first-order valence-corrected chi connectivity index (χ1v) is 5.70. The van der Waals surface area contributed by atoms with E-state index in [1.807, 2.05) is 0 Å². The summed E-state index contributed by atoms with van der Waals surface area (Å²) in [7, 11) is 0. The second-order valence-corrected chi connectivity index (χ2v) is 4.32. The molecule has 2 rings (SSSR count). The van der Waals surface area contributed by atoms with Crippen molar-refractivity contribution in [2.45, 2.75) is 6.54 Å². The fourth-order valence-electron chi connectivity index (χ4n) is 1.36. The Labute approximate surface area is 95.4 Å². The van der Waals surface area contributed by atoms with Gasteiger partial charge in [-0.2, -0.15) is 0 Å². The molecule has 1 N–H and O–H groups in total. The molecule has 0 bridgehead atoms. The SMILES string of the molecule is O=C(O)c1cn(CCN2CCSC2=O)nn1. The number of carbonyl (C=O) groups is 2. The predicted molar refractivity (Wildman–Crippen MR) is 56.4 cm³/mol. The molecule has 1 aromatic rings. The molecule has 1 aromatic heterocycles. The highest BCUT2D eigenvalue weighted by Gasteiger charge is 2.20. The molecule has 86 valence electrons. The zero-order valence-electron chi connectivity index (χ0n) is 8.37. The van der Waals surface area contributed by atoms with E-state index in [-0.39, 0.29) is 10.9 Å². The van der Waals surface area contributed by atoms with Crippen molar-refractivity contribution in [3.8, 4) is 0 Å². The number of aromatic carboxylic acids is 1. The second-order valence-electron chi connectivity index (χ2n) is 3.27. The summed E-state index contributed by atoms with van der Waals surface area (Å²) in [4.78, 5) is 23.5. The van der Waals surface area contributed by atoms with E-state index < -0.39 is 5.97 Å². The van der Waals surface area contributed by atoms with Gasteiger partial charge in [0.1, 0.15) is 0 Å². The molecule has 16 heavy (non-hydrogen) atoms. The number of hydrogen-bond donors (Lipinski definition) is 1. The highest BCUT2D eigenvalue weighted by molar-refractivity contribution is 8.13. The van der Waals surface area contributed by atoms with Gasteiger partial charge in [0, 0.05) is 18.8 Å². The first-order chi connectivity index (χ1) is 7.66. The van der Waals surface area contributed by atoms with E-state index in [0.717, 1.165) is 12.3 Å². The molecule has 0 spiro atoms. The van der Waals surface area contributed by atoms with Gasteiger partial charge in [-0.15, -0.1) is 5.10 Å². The maximum Gasteiger partial charge on any atom is 0.358 e. The van der Waals surface area contributed by atoms with Gasteiger partial charge < -0.3 is 10.0 Å². The molecular formula is C8H10N4O3S. The van der Waals surface area contributed by atoms with Crippen molar-refractivity contribution in [1.82, 2.24) is 19.9 Å². The molecule has 2 heterocycles. The third kappa shape index (κ3) is 2.32. The van der Waals surface area contributed by atoms with E-state index in [0.29, 0.717) is 13.1 Å². The maximum absolute atomic E-state index is 11.3. The van der Waals surface area contributed by atoms with Crippen LogP contribution >= 0.6 is 11.8 Å². The Bertz CT molecular complexity index is 419. The number of nitrogens with zero attached hydrogens (tertiary/aromatic N) is 4. The third-order valence-corrected chi connectivity index (χ3v) is 3.09. The van der Waals surface area contributed by atoms with Gasteiger partial charge in [0.15, 0.2) is 5.69 Å². The lowest BCUT2D eigenvalue weighted by Gasteiger charge is -2.13. The first kappa shape index (κ1) is 10.9. The number of carboxylic acids is 1. The van der Waals surface area contributed by atoms with Gasteiger partial charge in [0.25, 0.3) is 5.24 Å². The molecule has 1 aliphatic rings. The highest BCUT2D eigenvalue weighted by Crippen LogP contribution is 2.16. The quantitative estimate of drug-likeness (QED) is 0.808. The van der Waals surface area contributed by atoms with Crippen molar-refractivity contribution in [2.75, 3.05) is 18.8 Å². The Morgan fingerprint density at radius 2 is 2.38 bits per heavy atom. The lowest BCUT2D eigenvalue weighted by atomic mass is 10.5. The summed E-state index contributed by atoms with van der Waals surface area (Å²) in [5, 5.41) is 15.9. The molecule has 7 nitrogen and oxygen atoms in total. The molecule has 0 aliphatic carbocycles. The number of carboxylic acid groups (broad SMARTS) is 1. The first-order valence-electron chi connectivity index (χ1n) is 4.72. The number of hydrogen-bond acceptors (Lipinski definition) is 5. The van der Waals surface area contributed by atoms with Crippen LogP contribution in [0, 0.1) is 0 Å². The summed E-state index contributed by atoms with van der Waals surface area (Å²) in [6, 6.07) is 0. The van der Waals surface area contributed by atoms with Crippen molar-refractivity contribution in [2.24, 2.45) is 0 Å². The Morgan fingerprint density at radius 3 is 2.94 bits per heavy atom. The lowest BCUT2D eigenvalue weighted by Crippen LogP contribution is -2.27. The van der Waals surface area contributed by atoms with Crippen LogP contribution in [0.15, 0.2) is 6.20 Å². The van der Waals surface area contributed by atoms with Crippen molar-refractivity contribution in [3.63, 3.8) is 0 Å². The highest BCUT2D eigenvalue weighted by atomic mass is 32.2. The van der Waals surface area contributed by atoms with Gasteiger partial charge in [0.05, 0.1) is 12.7 Å². The van der Waals surface area contributed by atoms with Crippen molar-refractivity contribution < 1.29 is 14.7 Å².